The smallest absolute Gasteiger partial charge is 0.214 e. The van der Waals surface area contributed by atoms with Crippen molar-refractivity contribution in [1.82, 2.24) is 4.57 Å². The molecule has 1 aromatic heterocycles. The molecule has 0 fully saturated rings. The van der Waals surface area contributed by atoms with Crippen LogP contribution in [0.3, 0.4) is 0 Å². The summed E-state index contributed by atoms with van der Waals surface area (Å²) in [5.41, 5.74) is 2.72. The fraction of sp³-hybridized carbons (Fsp3) is 0.111. The standard InChI is InChI=1S/C18H14N2O3/c1-23-10-20-14-9-5-3-7-12(14)15(18(20)22)16-17(21)11-6-2-4-8-13(11)19-16/h2-9,22H,10H2,1H3. The average Bonchev–Trinajstić information content (AvgIpc) is 3.04. The molecule has 0 saturated carbocycles. The van der Waals surface area contributed by atoms with E-state index in [1.807, 2.05) is 36.4 Å². The van der Waals surface area contributed by atoms with Gasteiger partial charge in [-0.3, -0.25) is 9.36 Å². The first-order valence-corrected chi connectivity index (χ1v) is 7.24. The molecule has 1 N–H and O–H groups in total. The van der Waals surface area contributed by atoms with E-state index < -0.39 is 0 Å². The van der Waals surface area contributed by atoms with E-state index in [4.69, 9.17) is 4.74 Å². The Labute approximate surface area is 132 Å². The van der Waals surface area contributed by atoms with Crippen molar-refractivity contribution in [2.75, 3.05) is 7.11 Å². The Morgan fingerprint density at radius 3 is 2.65 bits per heavy atom. The Morgan fingerprint density at radius 1 is 1.13 bits per heavy atom. The lowest BCUT2D eigenvalue weighted by atomic mass is 10.0. The van der Waals surface area contributed by atoms with Crippen LogP contribution in [0.5, 0.6) is 5.88 Å². The number of benzene rings is 2. The van der Waals surface area contributed by atoms with Crippen LogP contribution in [-0.4, -0.2) is 28.3 Å². The minimum absolute atomic E-state index is 0.00652. The number of para-hydroxylation sites is 2. The van der Waals surface area contributed by atoms with E-state index in [0.717, 1.165) is 10.9 Å². The summed E-state index contributed by atoms with van der Waals surface area (Å²) in [4.78, 5) is 17.1. The molecule has 2 heterocycles. The number of aliphatic imine (C=N–C) groups is 1. The van der Waals surface area contributed by atoms with E-state index in [2.05, 4.69) is 4.99 Å². The number of Topliss-reactive ketones (excluding diaryl/α,β-unsaturated/α-hetero) is 1. The van der Waals surface area contributed by atoms with Crippen LogP contribution in [0.4, 0.5) is 5.69 Å². The predicted octanol–water partition coefficient (Wildman–Crippen LogP) is 3.27. The molecule has 5 heteroatoms. The van der Waals surface area contributed by atoms with Gasteiger partial charge in [-0.05, 0) is 18.2 Å². The lowest BCUT2D eigenvalue weighted by molar-refractivity contribution is 0.106. The van der Waals surface area contributed by atoms with Crippen molar-refractivity contribution < 1.29 is 14.6 Å². The number of ketones is 1. The SMILES string of the molecule is COCn1c(O)c(C2=Nc3ccccc3C2=O)c2ccccc21. The Hall–Kier alpha value is -2.92. The van der Waals surface area contributed by atoms with Crippen molar-refractivity contribution >= 4 is 28.1 Å². The summed E-state index contributed by atoms with van der Waals surface area (Å²) in [6.07, 6.45) is 0. The zero-order valence-corrected chi connectivity index (χ0v) is 12.5. The minimum Gasteiger partial charge on any atom is -0.494 e. The van der Waals surface area contributed by atoms with Crippen molar-refractivity contribution in [3.63, 3.8) is 0 Å². The molecule has 0 unspecified atom stereocenters. The van der Waals surface area contributed by atoms with Gasteiger partial charge in [0.25, 0.3) is 0 Å². The quantitative estimate of drug-likeness (QED) is 0.807. The van der Waals surface area contributed by atoms with Gasteiger partial charge in [-0.1, -0.05) is 30.3 Å². The van der Waals surface area contributed by atoms with Crippen LogP contribution in [0.25, 0.3) is 10.9 Å². The number of hydrogen-bond acceptors (Lipinski definition) is 4. The van der Waals surface area contributed by atoms with Crippen molar-refractivity contribution in [2.45, 2.75) is 6.73 Å². The van der Waals surface area contributed by atoms with Crippen molar-refractivity contribution in [3.8, 4) is 5.88 Å². The lowest BCUT2D eigenvalue weighted by Crippen LogP contribution is -2.11. The molecule has 0 bridgehead atoms. The molecule has 0 radical (unpaired) electrons. The summed E-state index contributed by atoms with van der Waals surface area (Å²) in [5, 5.41) is 11.4. The Kier molecular flexibility index (Phi) is 3.02. The molecule has 1 aliphatic rings. The van der Waals surface area contributed by atoms with Gasteiger partial charge in [-0.25, -0.2) is 4.99 Å². The van der Waals surface area contributed by atoms with Crippen LogP contribution in [0.15, 0.2) is 53.5 Å². The van der Waals surface area contributed by atoms with E-state index >= 15 is 0 Å². The van der Waals surface area contributed by atoms with E-state index in [0.29, 0.717) is 16.8 Å². The molecule has 0 amide bonds. The highest BCUT2D eigenvalue weighted by Crippen LogP contribution is 2.37. The first kappa shape index (κ1) is 13.7. The van der Waals surface area contributed by atoms with Crippen molar-refractivity contribution in [2.24, 2.45) is 4.99 Å². The Morgan fingerprint density at radius 2 is 1.87 bits per heavy atom. The van der Waals surface area contributed by atoms with Gasteiger partial charge in [0, 0.05) is 18.1 Å². The van der Waals surface area contributed by atoms with Crippen molar-refractivity contribution in [1.29, 1.82) is 0 Å². The molecule has 23 heavy (non-hydrogen) atoms. The van der Waals surface area contributed by atoms with Crippen LogP contribution >= 0.6 is 0 Å². The van der Waals surface area contributed by atoms with Gasteiger partial charge in [0.05, 0.1) is 16.8 Å². The molecule has 114 valence electrons. The fourth-order valence-electron chi connectivity index (χ4n) is 3.01. The number of aromatic hydroxyl groups is 1. The summed E-state index contributed by atoms with van der Waals surface area (Å²) in [5.74, 6) is -0.177. The second-order valence-electron chi connectivity index (χ2n) is 5.37. The zero-order valence-electron chi connectivity index (χ0n) is 12.5. The van der Waals surface area contributed by atoms with Gasteiger partial charge in [0.1, 0.15) is 12.4 Å². The van der Waals surface area contributed by atoms with Crippen molar-refractivity contribution in [3.05, 3.63) is 59.7 Å². The molecule has 0 saturated heterocycles. The van der Waals surface area contributed by atoms with Crippen LogP contribution in [0.1, 0.15) is 15.9 Å². The van der Waals surface area contributed by atoms with Gasteiger partial charge in [-0.15, -0.1) is 0 Å². The van der Waals surface area contributed by atoms with Gasteiger partial charge in [0.15, 0.2) is 0 Å². The van der Waals surface area contributed by atoms with Crippen LogP contribution < -0.4 is 0 Å². The number of carbonyl (C=O) groups is 1. The van der Waals surface area contributed by atoms with Crippen LogP contribution in [-0.2, 0) is 11.5 Å². The van der Waals surface area contributed by atoms with E-state index in [-0.39, 0.29) is 24.1 Å². The number of ether oxygens (including phenoxy) is 1. The number of aromatic nitrogens is 1. The molecule has 0 spiro atoms. The minimum atomic E-state index is -0.170. The van der Waals surface area contributed by atoms with Gasteiger partial charge < -0.3 is 9.84 Å². The van der Waals surface area contributed by atoms with Gasteiger partial charge in [0.2, 0.25) is 11.7 Å². The maximum Gasteiger partial charge on any atom is 0.214 e. The largest absolute Gasteiger partial charge is 0.494 e. The summed E-state index contributed by atoms with van der Waals surface area (Å²) in [6.45, 7) is 0.195. The summed E-state index contributed by atoms with van der Waals surface area (Å²) < 4.78 is 6.79. The lowest BCUT2D eigenvalue weighted by Gasteiger charge is -2.05. The van der Waals surface area contributed by atoms with E-state index in [9.17, 15) is 9.90 Å². The summed E-state index contributed by atoms with van der Waals surface area (Å²) >= 11 is 0. The molecular weight excluding hydrogens is 292 g/mol. The number of fused-ring (bicyclic) bond motifs is 2. The topological polar surface area (TPSA) is 63.8 Å². The maximum absolute atomic E-state index is 12.7. The second kappa shape index (κ2) is 5.07. The third kappa shape index (κ3) is 1.90. The molecule has 0 aliphatic carbocycles. The molecule has 3 aromatic rings. The fourth-order valence-corrected chi connectivity index (χ4v) is 3.01. The highest BCUT2D eigenvalue weighted by molar-refractivity contribution is 6.56. The maximum atomic E-state index is 12.7. The highest BCUT2D eigenvalue weighted by atomic mass is 16.5. The number of methoxy groups -OCH3 is 1. The summed E-state index contributed by atoms with van der Waals surface area (Å²) in [7, 11) is 1.56. The third-order valence-electron chi connectivity index (χ3n) is 4.03. The first-order chi connectivity index (χ1) is 11.2. The third-order valence-corrected chi connectivity index (χ3v) is 4.03. The zero-order chi connectivity index (χ0) is 16.0. The normalized spacial score (nSPS) is 13.4. The second-order valence-corrected chi connectivity index (χ2v) is 5.37. The molecular formula is C18H14N2O3. The average molecular weight is 306 g/mol. The Balaban J connectivity index is 1.98. The van der Waals surface area contributed by atoms with Gasteiger partial charge in [-0.2, -0.15) is 0 Å². The van der Waals surface area contributed by atoms with Crippen LogP contribution in [0.2, 0.25) is 0 Å². The molecule has 2 aromatic carbocycles. The van der Waals surface area contributed by atoms with E-state index in [1.54, 1.807) is 23.8 Å². The predicted molar refractivity (Wildman–Crippen MR) is 87.6 cm³/mol. The number of carbonyl (C=O) groups excluding carboxylic acids is 1. The summed E-state index contributed by atoms with van der Waals surface area (Å²) in [6, 6.07) is 14.7. The van der Waals surface area contributed by atoms with Gasteiger partial charge >= 0.3 is 0 Å². The monoisotopic (exact) mass is 306 g/mol. The molecule has 4 rings (SSSR count). The van der Waals surface area contributed by atoms with E-state index in [1.165, 1.54) is 0 Å². The number of hydrogen-bond donors (Lipinski definition) is 1. The Bertz CT molecular complexity index is 970. The molecule has 5 nitrogen and oxygen atoms in total. The first-order valence-electron chi connectivity index (χ1n) is 7.24. The molecule has 1 aliphatic heterocycles. The van der Waals surface area contributed by atoms with Crippen LogP contribution in [0, 0.1) is 0 Å². The molecule has 0 atom stereocenters. The number of nitrogens with zero attached hydrogens (tertiary/aromatic N) is 2. The highest BCUT2D eigenvalue weighted by Gasteiger charge is 2.31. The number of rotatable bonds is 3.